The molecule has 1 aliphatic rings. The predicted octanol–water partition coefficient (Wildman–Crippen LogP) is 5.55. The third kappa shape index (κ3) is 4.14. The lowest BCUT2D eigenvalue weighted by Gasteiger charge is -2.48. The molecule has 2 nitrogen and oxygen atoms in total. The van der Waals surface area contributed by atoms with Crippen LogP contribution in [0.4, 0.5) is 0 Å². The van der Waals surface area contributed by atoms with Crippen LogP contribution in [0.3, 0.4) is 0 Å². The molecule has 0 saturated heterocycles. The number of nitrogens with two attached hydrogens (primary N) is 1. The van der Waals surface area contributed by atoms with E-state index >= 15 is 0 Å². The number of alkyl halides is 1. The first-order chi connectivity index (χ1) is 11.5. The van der Waals surface area contributed by atoms with Crippen LogP contribution in [-0.4, -0.2) is 22.1 Å². The molecule has 0 aromatic rings. The van der Waals surface area contributed by atoms with Gasteiger partial charge in [-0.2, -0.15) is 0 Å². The van der Waals surface area contributed by atoms with Gasteiger partial charge >= 0.3 is 0 Å². The second-order valence-corrected chi connectivity index (χ2v) is 9.59. The molecule has 4 atom stereocenters. The van der Waals surface area contributed by atoms with Crippen LogP contribution < -0.4 is 11.1 Å². The molecule has 3 heteroatoms. The topological polar surface area (TPSA) is 38.0 Å². The Morgan fingerprint density at radius 3 is 2.28 bits per heavy atom. The average molecular weight is 456 g/mol. The summed E-state index contributed by atoms with van der Waals surface area (Å²) in [5, 5.41) is 3.79. The van der Waals surface area contributed by atoms with E-state index in [9.17, 15) is 0 Å². The van der Waals surface area contributed by atoms with Gasteiger partial charge in [0.25, 0.3) is 0 Å². The minimum absolute atomic E-state index is 0.0750. The molecule has 0 spiro atoms. The Hall–Kier alpha value is -0.390. The highest BCUT2D eigenvalue weighted by atomic mass is 127. The number of hydrogen-bond acceptors (Lipinski definition) is 2. The van der Waals surface area contributed by atoms with Gasteiger partial charge in [-0.25, -0.2) is 0 Å². The van der Waals surface area contributed by atoms with Gasteiger partial charge < -0.3 is 11.1 Å². The van der Waals surface area contributed by atoms with E-state index in [0.29, 0.717) is 9.97 Å². The predicted molar refractivity (Wildman–Crippen MR) is 121 cm³/mol. The number of nitrogens with one attached hydrogen (secondary N) is 1. The van der Waals surface area contributed by atoms with E-state index in [2.05, 4.69) is 95.6 Å². The Kier molecular flexibility index (Phi) is 7.73. The molecule has 3 N–H and O–H groups in total. The minimum Gasteiger partial charge on any atom is -0.323 e. The molecular weight excluding hydrogens is 419 g/mol. The molecule has 1 aliphatic carbocycles. The molecule has 2 unspecified atom stereocenters. The van der Waals surface area contributed by atoms with Crippen molar-refractivity contribution in [1.82, 2.24) is 5.32 Å². The number of rotatable bonds is 8. The van der Waals surface area contributed by atoms with E-state index in [1.807, 2.05) is 12.2 Å². The zero-order chi connectivity index (χ0) is 19.6. The van der Waals surface area contributed by atoms with E-state index in [-0.39, 0.29) is 22.9 Å². The van der Waals surface area contributed by atoms with Crippen molar-refractivity contribution in [1.29, 1.82) is 0 Å². The highest BCUT2D eigenvalue weighted by Crippen LogP contribution is 2.48. The third-order valence-electron chi connectivity index (χ3n) is 6.20. The second kappa shape index (κ2) is 8.53. The van der Waals surface area contributed by atoms with Gasteiger partial charge in [0.1, 0.15) is 0 Å². The fraction of sp³-hybridized carbons (Fsp3) is 0.636. The van der Waals surface area contributed by atoms with Crippen molar-refractivity contribution in [3.8, 4) is 0 Å². The smallest absolute Gasteiger partial charge is 0.0419 e. The summed E-state index contributed by atoms with van der Waals surface area (Å²) in [6, 6.07) is 0.528. The zero-order valence-electron chi connectivity index (χ0n) is 17.1. The Labute approximate surface area is 169 Å². The van der Waals surface area contributed by atoms with Crippen molar-refractivity contribution in [3.05, 3.63) is 48.1 Å². The largest absolute Gasteiger partial charge is 0.323 e. The molecule has 0 radical (unpaired) electrons. The summed E-state index contributed by atoms with van der Waals surface area (Å²) >= 11 is 2.62. The van der Waals surface area contributed by atoms with E-state index < -0.39 is 0 Å². The quantitative estimate of drug-likeness (QED) is 0.285. The lowest BCUT2D eigenvalue weighted by Crippen LogP contribution is -2.53. The molecule has 0 bridgehead atoms. The first kappa shape index (κ1) is 22.7. The van der Waals surface area contributed by atoms with Crippen molar-refractivity contribution in [2.45, 2.75) is 76.9 Å². The average Bonchev–Trinajstić information content (AvgIpc) is 2.59. The fourth-order valence-electron chi connectivity index (χ4n) is 3.77. The van der Waals surface area contributed by atoms with Gasteiger partial charge in [-0.1, -0.05) is 81.0 Å². The highest BCUT2D eigenvalue weighted by molar-refractivity contribution is 14.1. The van der Waals surface area contributed by atoms with Gasteiger partial charge in [-0.05, 0) is 31.4 Å². The summed E-state index contributed by atoms with van der Waals surface area (Å²) in [7, 11) is 0. The standard InChI is InChI=1S/C22H37IN2/c1-10-18(23)22(9)16(7)15(6)17(13-19(22)25-14(4)5)20(24)21(8,11-2)12-3/h11-14,18-20,25H,2-3,10,24H2,1,4-9H3/t18?,19?,20-,22-/m1/s1. The van der Waals surface area contributed by atoms with Crippen LogP contribution in [0.15, 0.2) is 48.1 Å². The monoisotopic (exact) mass is 456 g/mol. The van der Waals surface area contributed by atoms with Gasteiger partial charge in [-0.3, -0.25) is 0 Å². The van der Waals surface area contributed by atoms with Crippen LogP contribution >= 0.6 is 22.6 Å². The third-order valence-corrected chi connectivity index (χ3v) is 8.38. The van der Waals surface area contributed by atoms with Crippen LogP contribution in [0, 0.1) is 10.8 Å². The maximum Gasteiger partial charge on any atom is 0.0419 e. The molecule has 1 rings (SSSR count). The molecule has 0 amide bonds. The normalized spacial score (nSPS) is 27.1. The number of hydrogen-bond donors (Lipinski definition) is 2. The zero-order valence-corrected chi connectivity index (χ0v) is 19.3. The summed E-state index contributed by atoms with van der Waals surface area (Å²) in [6.45, 7) is 23.7. The molecule has 0 aromatic carbocycles. The van der Waals surface area contributed by atoms with Gasteiger partial charge in [0.15, 0.2) is 0 Å². The van der Waals surface area contributed by atoms with Crippen molar-refractivity contribution >= 4 is 22.6 Å². The molecule has 0 aliphatic heterocycles. The van der Waals surface area contributed by atoms with Crippen LogP contribution in [0.5, 0.6) is 0 Å². The van der Waals surface area contributed by atoms with E-state index in [4.69, 9.17) is 5.73 Å². The van der Waals surface area contributed by atoms with Gasteiger partial charge in [0, 0.05) is 32.9 Å². The Morgan fingerprint density at radius 1 is 1.36 bits per heavy atom. The summed E-state index contributed by atoms with van der Waals surface area (Å²) < 4.78 is 0.551. The first-order valence-electron chi connectivity index (χ1n) is 9.32. The van der Waals surface area contributed by atoms with Crippen molar-refractivity contribution in [2.75, 3.05) is 0 Å². The van der Waals surface area contributed by atoms with Gasteiger partial charge in [-0.15, -0.1) is 13.2 Å². The fourth-order valence-corrected chi connectivity index (χ4v) is 4.63. The van der Waals surface area contributed by atoms with Crippen LogP contribution in [0.1, 0.15) is 54.9 Å². The van der Waals surface area contributed by atoms with Crippen LogP contribution in [0.25, 0.3) is 0 Å². The lowest BCUT2D eigenvalue weighted by molar-refractivity contribution is 0.275. The minimum atomic E-state index is -0.321. The Balaban J connectivity index is 3.52. The summed E-state index contributed by atoms with van der Waals surface area (Å²) in [5.41, 5.74) is 10.4. The molecule has 142 valence electrons. The second-order valence-electron chi connectivity index (χ2n) is 8.08. The lowest BCUT2D eigenvalue weighted by atomic mass is 9.64. The van der Waals surface area contributed by atoms with Crippen LogP contribution in [0.2, 0.25) is 0 Å². The molecule has 0 aromatic heterocycles. The number of halogens is 1. The molecular formula is C22H37IN2. The van der Waals surface area contributed by atoms with Crippen LogP contribution in [-0.2, 0) is 0 Å². The molecule has 0 fully saturated rings. The van der Waals surface area contributed by atoms with Crippen molar-refractivity contribution in [3.63, 3.8) is 0 Å². The van der Waals surface area contributed by atoms with Gasteiger partial charge in [0.2, 0.25) is 0 Å². The summed E-state index contributed by atoms with van der Waals surface area (Å²) in [4.78, 5) is 0. The molecule has 0 saturated carbocycles. The summed E-state index contributed by atoms with van der Waals surface area (Å²) in [6.07, 6.45) is 7.35. The molecule has 25 heavy (non-hydrogen) atoms. The maximum atomic E-state index is 6.72. The SMILES string of the molecule is C=CC(C)(C=C)[C@H](N)C1=CC(NC(C)C)[C@@](C)(C(I)CC)C(C)=C1C. The first-order valence-corrected chi connectivity index (χ1v) is 10.6. The van der Waals surface area contributed by atoms with Crippen molar-refractivity contribution in [2.24, 2.45) is 16.6 Å². The summed E-state index contributed by atoms with van der Waals surface area (Å²) in [5.74, 6) is 0. The van der Waals surface area contributed by atoms with E-state index in [1.54, 1.807) is 0 Å². The molecule has 0 heterocycles. The maximum absolute atomic E-state index is 6.72. The van der Waals surface area contributed by atoms with E-state index in [0.717, 1.165) is 6.42 Å². The van der Waals surface area contributed by atoms with Gasteiger partial charge in [0.05, 0.1) is 0 Å². The van der Waals surface area contributed by atoms with Crippen molar-refractivity contribution < 1.29 is 0 Å². The van der Waals surface area contributed by atoms with E-state index in [1.165, 1.54) is 16.7 Å². The Bertz CT molecular complexity index is 565. The Morgan fingerprint density at radius 2 is 1.88 bits per heavy atom. The highest BCUT2D eigenvalue weighted by Gasteiger charge is 2.45.